The van der Waals surface area contributed by atoms with Gasteiger partial charge >= 0.3 is 12.3 Å². The molecule has 2 fully saturated rings. The number of alkyl halides is 5. The molecule has 0 bridgehead atoms. The van der Waals surface area contributed by atoms with Crippen molar-refractivity contribution in [2.75, 3.05) is 32.2 Å². The van der Waals surface area contributed by atoms with Crippen LogP contribution in [-0.4, -0.2) is 93.9 Å². The molecule has 0 unspecified atom stereocenters. The molecular formula is C39H43F7N6O6. The average molecular weight is 825 g/mol. The highest BCUT2D eigenvalue weighted by Crippen LogP contribution is 2.47. The normalized spacial score (nSPS) is 20.1. The lowest BCUT2D eigenvalue weighted by Gasteiger charge is -2.54. The molecule has 2 aromatic carbocycles. The van der Waals surface area contributed by atoms with Gasteiger partial charge in [0, 0.05) is 37.2 Å². The summed E-state index contributed by atoms with van der Waals surface area (Å²) in [5.74, 6) is -9.59. The van der Waals surface area contributed by atoms with E-state index in [0.29, 0.717) is 38.8 Å². The molecule has 1 saturated heterocycles. The molecule has 6 rings (SSSR count). The smallest absolute Gasteiger partial charge is 0.431 e. The van der Waals surface area contributed by atoms with Gasteiger partial charge in [0.05, 0.1) is 29.5 Å². The van der Waals surface area contributed by atoms with E-state index in [1.807, 2.05) is 0 Å². The van der Waals surface area contributed by atoms with Crippen LogP contribution in [0.4, 0.5) is 41.2 Å². The molecule has 3 amide bonds. The molecule has 1 atom stereocenters. The van der Waals surface area contributed by atoms with Gasteiger partial charge in [0.25, 0.3) is 17.7 Å². The number of rotatable bonds is 9. The van der Waals surface area contributed by atoms with Crippen molar-refractivity contribution in [1.29, 1.82) is 0 Å². The zero-order chi connectivity index (χ0) is 42.5. The maximum atomic E-state index is 15.7. The van der Waals surface area contributed by atoms with Gasteiger partial charge in [-0.15, -0.1) is 0 Å². The third-order valence-electron chi connectivity index (χ3n) is 10.6. The van der Waals surface area contributed by atoms with Crippen LogP contribution in [0.3, 0.4) is 0 Å². The molecule has 58 heavy (non-hydrogen) atoms. The van der Waals surface area contributed by atoms with Crippen LogP contribution >= 0.6 is 0 Å². The Morgan fingerprint density at radius 1 is 1.03 bits per heavy atom. The number of aliphatic hydroxyl groups excluding tert-OH is 1. The summed E-state index contributed by atoms with van der Waals surface area (Å²) in [5, 5.41) is 18.2. The SMILES string of the molecule is CN1N(Cc2ccc(OC[C@@H]3CCCN3C(=O)OC(C)(C)C)c(F)c2F)C(=O)C(C(=O)Nc2ccc(C(C)(F)F)cc2C2=NCNC(C(F)(F)F)=C2)=C(O)C12CCC2. The number of ether oxygens (including phenoxy) is 2. The zero-order valence-corrected chi connectivity index (χ0v) is 32.3. The molecular weight excluding hydrogens is 781 g/mol. The lowest BCUT2D eigenvalue weighted by molar-refractivity contribution is -0.172. The summed E-state index contributed by atoms with van der Waals surface area (Å²) in [4.78, 5) is 46.2. The summed E-state index contributed by atoms with van der Waals surface area (Å²) in [6.07, 6.45) is -2.54. The zero-order valence-electron chi connectivity index (χ0n) is 32.3. The topological polar surface area (TPSA) is 136 Å². The largest absolute Gasteiger partial charge is 0.509 e. The van der Waals surface area contributed by atoms with Crippen molar-refractivity contribution >= 4 is 29.3 Å². The van der Waals surface area contributed by atoms with Gasteiger partial charge in [-0.25, -0.2) is 23.0 Å². The number of nitrogens with zero attached hydrogens (tertiary/aromatic N) is 4. The number of likely N-dealkylation sites (tertiary alicyclic amines) is 1. The Balaban J connectivity index is 1.25. The van der Waals surface area contributed by atoms with Crippen LogP contribution < -0.4 is 15.4 Å². The Morgan fingerprint density at radius 2 is 1.74 bits per heavy atom. The van der Waals surface area contributed by atoms with Crippen LogP contribution in [-0.2, 0) is 26.8 Å². The lowest BCUT2D eigenvalue weighted by atomic mass is 9.72. The Hall–Kier alpha value is -5.33. The number of benzene rings is 2. The van der Waals surface area contributed by atoms with Crippen molar-refractivity contribution in [2.24, 2.45) is 4.99 Å². The minimum absolute atomic E-state index is 0.150. The van der Waals surface area contributed by atoms with Gasteiger partial charge < -0.3 is 30.1 Å². The number of halogens is 7. The standard InChI is InChI=1S/C39H43F7N6O6/c1-36(2,3)58-35(56)51-15-6-8-23(51)19-57-27-12-9-21(30(40)31(27)41)18-52-34(55)29(32(53)38(50(52)5)13-7-14-38)33(54)49-25-11-10-22(37(4,42)43)16-24(25)26-17-28(39(44,45)46)48-20-47-26/h9-12,16-17,23,48,53H,6-8,13-15,18-20H2,1-5H3,(H,49,54)/t23-/m0/s1. The molecule has 3 heterocycles. The van der Waals surface area contributed by atoms with Gasteiger partial charge in [-0.1, -0.05) is 12.1 Å². The molecule has 19 heteroatoms. The fraction of sp³-hybridized carbons (Fsp3) is 0.487. The maximum absolute atomic E-state index is 15.7. The van der Waals surface area contributed by atoms with Crippen LogP contribution in [0.25, 0.3) is 0 Å². The van der Waals surface area contributed by atoms with E-state index in [2.05, 4.69) is 15.6 Å². The van der Waals surface area contributed by atoms with Crippen LogP contribution in [0.15, 0.2) is 58.4 Å². The molecule has 1 aliphatic carbocycles. The summed E-state index contributed by atoms with van der Waals surface area (Å²) in [6.45, 7) is 4.83. The number of anilines is 1. The minimum atomic E-state index is -4.84. The van der Waals surface area contributed by atoms with E-state index in [1.54, 1.807) is 20.8 Å². The van der Waals surface area contributed by atoms with Crippen molar-refractivity contribution < 1.29 is 59.7 Å². The number of likely N-dealkylation sites (N-methyl/N-ethyl adjacent to an activating group) is 1. The Morgan fingerprint density at radius 3 is 2.36 bits per heavy atom. The van der Waals surface area contributed by atoms with Crippen molar-refractivity contribution in [3.8, 4) is 5.75 Å². The van der Waals surface area contributed by atoms with Gasteiger partial charge in [-0.2, -0.15) is 17.6 Å². The van der Waals surface area contributed by atoms with Crippen molar-refractivity contribution in [3.63, 3.8) is 0 Å². The number of hydrogen-bond acceptors (Lipinski definition) is 9. The number of nitrogens with one attached hydrogen (secondary N) is 2. The summed E-state index contributed by atoms with van der Waals surface area (Å²) in [7, 11) is 1.44. The molecule has 4 aliphatic rings. The first-order valence-electron chi connectivity index (χ1n) is 18.5. The number of amides is 3. The number of hydrogen-bond donors (Lipinski definition) is 3. The molecule has 1 spiro atoms. The highest BCUT2D eigenvalue weighted by Gasteiger charge is 2.55. The summed E-state index contributed by atoms with van der Waals surface area (Å²) in [5.41, 5.74) is -5.98. The van der Waals surface area contributed by atoms with Gasteiger partial charge in [0.1, 0.15) is 35.9 Å². The van der Waals surface area contributed by atoms with E-state index >= 15 is 8.78 Å². The Kier molecular flexibility index (Phi) is 11.3. The summed E-state index contributed by atoms with van der Waals surface area (Å²) < 4.78 is 112. The number of aliphatic imine (C=N–C) groups is 1. The lowest BCUT2D eigenvalue weighted by Crippen LogP contribution is -2.65. The fourth-order valence-corrected chi connectivity index (χ4v) is 7.27. The van der Waals surface area contributed by atoms with Gasteiger partial charge in [0.2, 0.25) is 5.82 Å². The molecule has 0 radical (unpaired) electrons. The number of carbonyl (C=O) groups is 3. The maximum Gasteiger partial charge on any atom is 0.431 e. The Labute approximate surface area is 329 Å². The van der Waals surface area contributed by atoms with Crippen LogP contribution in [0.5, 0.6) is 5.75 Å². The van der Waals surface area contributed by atoms with Crippen molar-refractivity contribution in [2.45, 2.75) is 95.6 Å². The molecule has 1 saturated carbocycles. The first kappa shape index (κ1) is 42.3. The van der Waals surface area contributed by atoms with E-state index in [9.17, 15) is 41.4 Å². The molecule has 3 N–H and O–H groups in total. The van der Waals surface area contributed by atoms with Gasteiger partial charge in [0.15, 0.2) is 11.6 Å². The quantitative estimate of drug-likeness (QED) is 0.178. The fourth-order valence-electron chi connectivity index (χ4n) is 7.27. The highest BCUT2D eigenvalue weighted by molar-refractivity contribution is 6.25. The van der Waals surface area contributed by atoms with Gasteiger partial charge in [-0.3, -0.25) is 19.6 Å². The first-order chi connectivity index (χ1) is 27.0. The van der Waals surface area contributed by atoms with E-state index in [-0.39, 0.29) is 36.3 Å². The number of aliphatic hydroxyl groups is 1. The first-order valence-corrected chi connectivity index (χ1v) is 18.5. The van der Waals surface area contributed by atoms with Crippen molar-refractivity contribution in [3.05, 3.63) is 81.8 Å². The van der Waals surface area contributed by atoms with Crippen LogP contribution in [0.2, 0.25) is 0 Å². The number of carbonyl (C=O) groups excluding carboxylic acids is 3. The van der Waals surface area contributed by atoms with Crippen molar-refractivity contribution in [1.82, 2.24) is 20.2 Å². The predicted molar refractivity (Wildman–Crippen MR) is 196 cm³/mol. The molecule has 3 aliphatic heterocycles. The average Bonchev–Trinajstić information content (AvgIpc) is 3.59. The molecule has 314 valence electrons. The molecule has 12 nitrogen and oxygen atoms in total. The summed E-state index contributed by atoms with van der Waals surface area (Å²) >= 11 is 0. The minimum Gasteiger partial charge on any atom is -0.509 e. The predicted octanol–water partition coefficient (Wildman–Crippen LogP) is 7.21. The van der Waals surface area contributed by atoms with Gasteiger partial charge in [-0.05, 0) is 77.2 Å². The molecule has 2 aromatic rings. The van der Waals surface area contributed by atoms with Crippen LogP contribution in [0, 0.1) is 11.6 Å². The third-order valence-corrected chi connectivity index (χ3v) is 10.6. The second-order valence-corrected chi connectivity index (χ2v) is 15.7. The van der Waals surface area contributed by atoms with E-state index in [0.717, 1.165) is 23.2 Å². The van der Waals surface area contributed by atoms with Crippen LogP contribution in [0.1, 0.15) is 76.5 Å². The number of allylic oxidation sites excluding steroid dienone is 2. The van der Waals surface area contributed by atoms with E-state index < -0.39 is 106 Å². The monoisotopic (exact) mass is 824 g/mol. The second-order valence-electron chi connectivity index (χ2n) is 15.7. The number of hydrazine groups is 1. The summed E-state index contributed by atoms with van der Waals surface area (Å²) in [6, 6.07) is 4.73. The molecule has 0 aromatic heterocycles. The van der Waals surface area contributed by atoms with E-state index in [1.165, 1.54) is 29.1 Å². The third kappa shape index (κ3) is 8.31. The van der Waals surface area contributed by atoms with E-state index in [4.69, 9.17) is 9.47 Å². The Bertz CT molecular complexity index is 2090. The highest BCUT2D eigenvalue weighted by atomic mass is 19.4. The second kappa shape index (κ2) is 15.4.